The molecule has 3 unspecified atom stereocenters. The van der Waals surface area contributed by atoms with Gasteiger partial charge in [-0.3, -0.25) is 9.59 Å². The fourth-order valence-corrected chi connectivity index (χ4v) is 6.98. The number of hydrogen-bond acceptors (Lipinski definition) is 5. The second-order valence-corrected chi connectivity index (χ2v) is 16.9. The Labute approximate surface area is 399 Å². The highest BCUT2D eigenvalue weighted by Crippen LogP contribution is 2.15. The van der Waals surface area contributed by atoms with Crippen LogP contribution < -0.4 is 5.32 Å². The molecule has 0 aromatic carbocycles. The van der Waals surface area contributed by atoms with Crippen LogP contribution in [0.25, 0.3) is 0 Å². The third-order valence-electron chi connectivity index (χ3n) is 10.8. The van der Waals surface area contributed by atoms with Gasteiger partial charge in [0.1, 0.15) is 6.10 Å². The normalized spacial score (nSPS) is 14.4. The van der Waals surface area contributed by atoms with Crippen LogP contribution in [0.5, 0.6) is 0 Å². The first-order chi connectivity index (χ1) is 32.0. The van der Waals surface area contributed by atoms with Crippen LogP contribution in [0.4, 0.5) is 0 Å². The number of amides is 1. The highest BCUT2D eigenvalue weighted by atomic mass is 16.5. The molecule has 0 saturated heterocycles. The van der Waals surface area contributed by atoms with Crippen molar-refractivity contribution in [3.63, 3.8) is 0 Å². The van der Waals surface area contributed by atoms with Gasteiger partial charge in [0, 0.05) is 6.42 Å². The van der Waals surface area contributed by atoms with E-state index in [-0.39, 0.29) is 31.3 Å². The van der Waals surface area contributed by atoms with Crippen molar-refractivity contribution in [1.29, 1.82) is 0 Å². The van der Waals surface area contributed by atoms with Crippen molar-refractivity contribution in [2.24, 2.45) is 0 Å². The summed E-state index contributed by atoms with van der Waals surface area (Å²) in [6.45, 7) is 6.17. The predicted octanol–water partition coefficient (Wildman–Crippen LogP) is 15.8. The number of unbranched alkanes of at least 4 members (excludes halogenated alkanes) is 16. The molecule has 3 atom stereocenters. The minimum absolute atomic E-state index is 0.0737. The first-order valence-corrected chi connectivity index (χ1v) is 26.0. The summed E-state index contributed by atoms with van der Waals surface area (Å²) in [7, 11) is 0. The summed E-state index contributed by atoms with van der Waals surface area (Å²) >= 11 is 0. The molecular formula is C59H95NO5. The first kappa shape index (κ1) is 61.0. The number of ether oxygens (including phenoxy) is 1. The maximum atomic E-state index is 13.2. The zero-order valence-corrected chi connectivity index (χ0v) is 41.6. The maximum absolute atomic E-state index is 13.2. The van der Waals surface area contributed by atoms with Gasteiger partial charge >= 0.3 is 5.97 Å². The van der Waals surface area contributed by atoms with Crippen molar-refractivity contribution >= 4 is 11.9 Å². The number of hydrogen-bond donors (Lipinski definition) is 3. The van der Waals surface area contributed by atoms with Crippen molar-refractivity contribution in [1.82, 2.24) is 5.32 Å². The Morgan fingerprint density at radius 1 is 0.492 bits per heavy atom. The van der Waals surface area contributed by atoms with Crippen LogP contribution in [0, 0.1) is 0 Å². The van der Waals surface area contributed by atoms with E-state index in [1.807, 2.05) is 54.7 Å². The molecule has 0 radical (unpaired) electrons. The van der Waals surface area contributed by atoms with E-state index in [1.165, 1.54) is 70.6 Å². The van der Waals surface area contributed by atoms with Crippen LogP contribution in [0.2, 0.25) is 0 Å². The topological polar surface area (TPSA) is 95.9 Å². The lowest BCUT2D eigenvalue weighted by molar-refractivity contribution is -0.148. The second kappa shape index (κ2) is 51.0. The molecule has 6 heteroatoms. The fourth-order valence-electron chi connectivity index (χ4n) is 6.98. The summed E-state index contributed by atoms with van der Waals surface area (Å²) in [5.74, 6) is -0.693. The largest absolute Gasteiger partial charge is 0.458 e. The average molecular weight is 898 g/mol. The molecule has 366 valence electrons. The molecule has 0 bridgehead atoms. The summed E-state index contributed by atoms with van der Waals surface area (Å²) in [5.41, 5.74) is 0. The zero-order valence-electron chi connectivity index (χ0n) is 41.6. The van der Waals surface area contributed by atoms with Crippen LogP contribution >= 0.6 is 0 Å². The molecule has 0 aliphatic rings. The third kappa shape index (κ3) is 46.3. The van der Waals surface area contributed by atoms with Crippen LogP contribution in [-0.4, -0.2) is 46.9 Å². The monoisotopic (exact) mass is 898 g/mol. The van der Waals surface area contributed by atoms with Crippen LogP contribution in [0.15, 0.2) is 134 Å². The van der Waals surface area contributed by atoms with E-state index in [2.05, 4.69) is 99.0 Å². The van der Waals surface area contributed by atoms with Crippen molar-refractivity contribution in [3.05, 3.63) is 134 Å². The molecule has 65 heavy (non-hydrogen) atoms. The van der Waals surface area contributed by atoms with Gasteiger partial charge in [-0.1, -0.05) is 245 Å². The minimum Gasteiger partial charge on any atom is -0.458 e. The summed E-state index contributed by atoms with van der Waals surface area (Å²) in [6.07, 6.45) is 72.5. The number of nitrogens with one attached hydrogen (secondary N) is 1. The van der Waals surface area contributed by atoms with Gasteiger partial charge in [-0.05, 0) is 76.7 Å². The molecular weight excluding hydrogens is 803 g/mol. The molecule has 0 aromatic rings. The van der Waals surface area contributed by atoms with E-state index in [0.717, 1.165) is 77.0 Å². The van der Waals surface area contributed by atoms with Gasteiger partial charge in [-0.2, -0.15) is 0 Å². The Hall–Kier alpha value is -4.00. The van der Waals surface area contributed by atoms with Crippen LogP contribution in [0.1, 0.15) is 201 Å². The van der Waals surface area contributed by atoms with E-state index < -0.39 is 18.2 Å². The summed E-state index contributed by atoms with van der Waals surface area (Å²) in [4.78, 5) is 26.1. The Morgan fingerprint density at radius 3 is 1.42 bits per heavy atom. The second-order valence-electron chi connectivity index (χ2n) is 16.9. The number of aliphatic hydroxyl groups is 2. The van der Waals surface area contributed by atoms with Gasteiger partial charge in [-0.25, -0.2) is 0 Å². The molecule has 0 spiro atoms. The zero-order chi connectivity index (χ0) is 47.4. The van der Waals surface area contributed by atoms with Gasteiger partial charge in [0.15, 0.2) is 0 Å². The van der Waals surface area contributed by atoms with Crippen molar-refractivity contribution < 1.29 is 24.5 Å². The number of rotatable bonds is 44. The Morgan fingerprint density at radius 2 is 0.923 bits per heavy atom. The molecule has 0 aromatic heterocycles. The molecule has 0 saturated carbocycles. The highest BCUT2D eigenvalue weighted by Gasteiger charge is 2.23. The highest BCUT2D eigenvalue weighted by molar-refractivity contribution is 5.78. The summed E-state index contributed by atoms with van der Waals surface area (Å²) in [5, 5.41) is 23.7. The Bertz CT molecular complexity index is 1420. The molecule has 0 aliphatic heterocycles. The van der Waals surface area contributed by atoms with Gasteiger partial charge < -0.3 is 20.3 Å². The SMILES string of the molecule is CC/C=C\C/C=C\C/C=C\C/C=C\C/C=C\C/C=C\C(CC(=O)NC(CO)C(O)CCCCCCCCCCCCCCCC)OC(=O)CCCCC/C=C/C=C\C=C/C=C/C=C/CC. The number of carbonyl (C=O) groups excluding carboxylic acids is 2. The first-order valence-electron chi connectivity index (χ1n) is 26.0. The van der Waals surface area contributed by atoms with E-state index in [9.17, 15) is 19.8 Å². The fraction of sp³-hybridized carbons (Fsp3) is 0.593. The number of esters is 1. The van der Waals surface area contributed by atoms with Gasteiger partial charge in [0.25, 0.3) is 0 Å². The third-order valence-corrected chi connectivity index (χ3v) is 10.8. The Kier molecular flexibility index (Phi) is 47.9. The molecule has 0 heterocycles. The summed E-state index contributed by atoms with van der Waals surface area (Å²) < 4.78 is 5.80. The Balaban J connectivity index is 4.87. The smallest absolute Gasteiger partial charge is 0.306 e. The average Bonchev–Trinajstić information content (AvgIpc) is 3.30. The lowest BCUT2D eigenvalue weighted by Crippen LogP contribution is -2.46. The van der Waals surface area contributed by atoms with Gasteiger partial charge in [-0.15, -0.1) is 0 Å². The number of carbonyl (C=O) groups is 2. The number of aliphatic hydroxyl groups excluding tert-OH is 2. The van der Waals surface area contributed by atoms with E-state index >= 15 is 0 Å². The molecule has 0 rings (SSSR count). The standard InChI is InChI=1S/C59H95NO5/c1-4-7-10-13-16-19-22-25-28-29-31-32-35-38-41-44-47-50-55(65-59(64)52-49-46-43-40-37-34-30-26-23-20-17-14-11-8-5-2)53-58(63)60-56(54-61)57(62)51-48-45-42-39-36-33-27-24-21-18-15-12-9-6-3/h7-8,10-11,14,16-17,19-20,23,25-26,28,30-32,34,37-38,41,47,50,55-57,61-62H,4-6,9,12-13,15,18,21-22,24,27,29,33,35-36,39-40,42-46,48-49,51-54H2,1-3H3,(H,60,63)/b10-7-,11-8+,17-14+,19-16-,23-20-,28-25-,30-26-,32-31-,37-34+,41-38-,50-47-. The van der Waals surface area contributed by atoms with E-state index in [4.69, 9.17) is 4.74 Å². The molecule has 6 nitrogen and oxygen atoms in total. The molecule has 1 amide bonds. The van der Waals surface area contributed by atoms with Crippen molar-refractivity contribution in [2.45, 2.75) is 219 Å². The van der Waals surface area contributed by atoms with Crippen molar-refractivity contribution in [2.75, 3.05) is 6.61 Å². The quantitative estimate of drug-likeness (QED) is 0.0245. The predicted molar refractivity (Wildman–Crippen MR) is 282 cm³/mol. The lowest BCUT2D eigenvalue weighted by atomic mass is 10.0. The molecule has 0 aliphatic carbocycles. The van der Waals surface area contributed by atoms with Gasteiger partial charge in [0.05, 0.1) is 25.2 Å². The summed E-state index contributed by atoms with van der Waals surface area (Å²) in [6, 6.07) is -0.762. The number of allylic oxidation sites excluding steroid dienone is 21. The maximum Gasteiger partial charge on any atom is 0.306 e. The van der Waals surface area contributed by atoms with E-state index in [0.29, 0.717) is 19.3 Å². The van der Waals surface area contributed by atoms with E-state index in [1.54, 1.807) is 6.08 Å². The van der Waals surface area contributed by atoms with Crippen LogP contribution in [0.3, 0.4) is 0 Å². The van der Waals surface area contributed by atoms with Crippen molar-refractivity contribution in [3.8, 4) is 0 Å². The van der Waals surface area contributed by atoms with Crippen LogP contribution in [-0.2, 0) is 14.3 Å². The molecule has 3 N–H and O–H groups in total. The molecule has 0 fully saturated rings. The lowest BCUT2D eigenvalue weighted by Gasteiger charge is -2.23. The van der Waals surface area contributed by atoms with Gasteiger partial charge in [0.2, 0.25) is 5.91 Å². The minimum atomic E-state index is -0.837.